The van der Waals surface area contributed by atoms with Gasteiger partial charge in [0, 0.05) is 0 Å². The largest absolute Gasteiger partial charge is 0.508 e. The Morgan fingerprint density at radius 2 is 2.33 bits per heavy atom. The Morgan fingerprint density at radius 1 is 1.61 bits per heavy atom. The second-order valence-electron chi connectivity index (χ2n) is 4.48. The van der Waals surface area contributed by atoms with Crippen molar-refractivity contribution in [3.8, 4) is 5.75 Å². The van der Waals surface area contributed by atoms with Gasteiger partial charge >= 0.3 is 13.5 Å². The topological polar surface area (TPSA) is 55.8 Å². The highest BCUT2D eigenvalue weighted by molar-refractivity contribution is 6.49. The summed E-state index contributed by atoms with van der Waals surface area (Å²) in [5.74, 6) is -0.433. The van der Waals surface area contributed by atoms with Gasteiger partial charge < -0.3 is 14.5 Å². The lowest BCUT2D eigenvalue weighted by molar-refractivity contribution is -0.150. The van der Waals surface area contributed by atoms with Gasteiger partial charge in [0.05, 0.1) is 18.6 Å². The standard InChI is InChI=1S/C13H16BO4/c1-4-17-13(16)8(3)12-11-7(2)5-9(15)6-10(11)14-18-12/h5-6,8,12,15H,4H2,1-3H3. The van der Waals surface area contributed by atoms with Crippen LogP contribution in [0.5, 0.6) is 5.75 Å². The fraction of sp³-hybridized carbons (Fsp3) is 0.462. The first-order chi connectivity index (χ1) is 8.54. The number of phenolic OH excluding ortho intramolecular Hbond substituents is 1. The molecule has 0 fully saturated rings. The minimum Gasteiger partial charge on any atom is -0.508 e. The number of ether oxygens (including phenoxy) is 1. The first-order valence-corrected chi connectivity index (χ1v) is 6.03. The number of benzene rings is 1. The lowest BCUT2D eigenvalue weighted by Gasteiger charge is -2.20. The zero-order chi connectivity index (χ0) is 13.3. The van der Waals surface area contributed by atoms with E-state index in [4.69, 9.17) is 9.39 Å². The van der Waals surface area contributed by atoms with Crippen LogP contribution in [0.15, 0.2) is 12.1 Å². The number of aryl methyl sites for hydroxylation is 1. The molecule has 1 heterocycles. The normalized spacial score (nSPS) is 18.9. The van der Waals surface area contributed by atoms with Gasteiger partial charge in [0.2, 0.25) is 0 Å². The van der Waals surface area contributed by atoms with Crippen LogP contribution < -0.4 is 5.46 Å². The zero-order valence-corrected chi connectivity index (χ0v) is 10.8. The summed E-state index contributed by atoms with van der Waals surface area (Å²) in [6.07, 6.45) is -0.334. The van der Waals surface area contributed by atoms with E-state index in [9.17, 15) is 9.90 Å². The fourth-order valence-electron chi connectivity index (χ4n) is 2.27. The highest BCUT2D eigenvalue weighted by atomic mass is 16.5. The fourth-order valence-corrected chi connectivity index (χ4v) is 2.27. The molecule has 1 aliphatic heterocycles. The molecule has 18 heavy (non-hydrogen) atoms. The minimum atomic E-state index is -0.370. The van der Waals surface area contributed by atoms with Gasteiger partial charge in [-0.3, -0.25) is 4.79 Å². The van der Waals surface area contributed by atoms with Crippen LogP contribution in [-0.4, -0.2) is 25.2 Å². The van der Waals surface area contributed by atoms with Gasteiger partial charge in [-0.2, -0.15) is 0 Å². The smallest absolute Gasteiger partial charge is 0.331 e. The summed E-state index contributed by atoms with van der Waals surface area (Å²) in [5.41, 5.74) is 2.70. The molecule has 2 rings (SSSR count). The summed E-state index contributed by atoms with van der Waals surface area (Å²) < 4.78 is 10.6. The first kappa shape index (κ1) is 13.0. The Bertz CT molecular complexity index is 472. The molecule has 0 spiro atoms. The molecule has 0 saturated carbocycles. The van der Waals surface area contributed by atoms with Crippen LogP contribution in [0.2, 0.25) is 0 Å². The van der Waals surface area contributed by atoms with Gasteiger partial charge in [-0.15, -0.1) is 0 Å². The molecule has 0 bridgehead atoms. The number of carbonyl (C=O) groups excluding carboxylic acids is 1. The maximum Gasteiger partial charge on any atom is 0.331 e. The number of fused-ring (bicyclic) bond motifs is 1. The average molecular weight is 247 g/mol. The van der Waals surface area contributed by atoms with E-state index in [2.05, 4.69) is 0 Å². The van der Waals surface area contributed by atoms with Crippen molar-refractivity contribution in [2.24, 2.45) is 5.92 Å². The predicted molar refractivity (Wildman–Crippen MR) is 67.9 cm³/mol. The minimum absolute atomic E-state index is 0.204. The number of carbonyl (C=O) groups is 1. The first-order valence-electron chi connectivity index (χ1n) is 6.03. The van der Waals surface area contributed by atoms with E-state index in [0.29, 0.717) is 6.61 Å². The molecule has 1 N–H and O–H groups in total. The van der Waals surface area contributed by atoms with Crippen molar-refractivity contribution in [3.05, 3.63) is 23.3 Å². The Morgan fingerprint density at radius 3 is 3.00 bits per heavy atom. The van der Waals surface area contributed by atoms with Crippen molar-refractivity contribution in [3.63, 3.8) is 0 Å². The number of hydrogen-bond acceptors (Lipinski definition) is 4. The number of aromatic hydroxyl groups is 1. The third kappa shape index (κ3) is 2.23. The highest BCUT2D eigenvalue weighted by Crippen LogP contribution is 2.33. The predicted octanol–water partition coefficient (Wildman–Crippen LogP) is 1.22. The summed E-state index contributed by atoms with van der Waals surface area (Å²) in [4.78, 5) is 11.8. The maximum atomic E-state index is 11.8. The van der Waals surface area contributed by atoms with Crippen molar-refractivity contribution < 1.29 is 19.3 Å². The molecular formula is C13H16BO4. The van der Waals surface area contributed by atoms with Crippen LogP contribution in [0.25, 0.3) is 0 Å². The Labute approximate surface area is 107 Å². The zero-order valence-electron chi connectivity index (χ0n) is 10.8. The molecule has 95 valence electrons. The van der Waals surface area contributed by atoms with E-state index in [0.717, 1.165) is 16.6 Å². The molecular weight excluding hydrogens is 231 g/mol. The van der Waals surface area contributed by atoms with E-state index in [1.54, 1.807) is 33.5 Å². The molecule has 0 amide bonds. The maximum absolute atomic E-state index is 11.8. The molecule has 0 aromatic heterocycles. The summed E-state index contributed by atoms with van der Waals surface area (Å²) in [6, 6.07) is 3.31. The van der Waals surface area contributed by atoms with Crippen molar-refractivity contribution in [1.29, 1.82) is 0 Å². The summed E-state index contributed by atoms with van der Waals surface area (Å²) >= 11 is 0. The molecule has 1 radical (unpaired) electrons. The van der Waals surface area contributed by atoms with Crippen LogP contribution in [0.3, 0.4) is 0 Å². The van der Waals surface area contributed by atoms with Crippen LogP contribution in [0.4, 0.5) is 0 Å². The molecule has 2 unspecified atom stereocenters. The second kappa shape index (κ2) is 5.02. The van der Waals surface area contributed by atoms with E-state index in [1.807, 2.05) is 6.92 Å². The quantitative estimate of drug-likeness (QED) is 0.644. The number of esters is 1. The van der Waals surface area contributed by atoms with Gasteiger partial charge in [0.25, 0.3) is 0 Å². The SMILES string of the molecule is CCOC(=O)C(C)C1O[B]c2cc(O)cc(C)c21. The van der Waals surface area contributed by atoms with E-state index in [-0.39, 0.29) is 23.7 Å². The van der Waals surface area contributed by atoms with Crippen LogP contribution in [0.1, 0.15) is 31.1 Å². The lowest BCUT2D eigenvalue weighted by atomic mass is 9.83. The third-order valence-electron chi connectivity index (χ3n) is 3.14. The van der Waals surface area contributed by atoms with Crippen LogP contribution in [-0.2, 0) is 14.2 Å². The lowest BCUT2D eigenvalue weighted by Crippen LogP contribution is -2.22. The van der Waals surface area contributed by atoms with Crippen LogP contribution in [0, 0.1) is 12.8 Å². The van der Waals surface area contributed by atoms with E-state index >= 15 is 0 Å². The van der Waals surface area contributed by atoms with Gasteiger partial charge in [-0.05, 0) is 49.5 Å². The molecule has 0 saturated heterocycles. The third-order valence-corrected chi connectivity index (χ3v) is 3.14. The summed E-state index contributed by atoms with van der Waals surface area (Å²) in [6.45, 7) is 5.83. The highest BCUT2D eigenvalue weighted by Gasteiger charge is 2.35. The van der Waals surface area contributed by atoms with E-state index in [1.165, 1.54) is 0 Å². The average Bonchev–Trinajstić information content (AvgIpc) is 2.72. The van der Waals surface area contributed by atoms with Gasteiger partial charge in [-0.25, -0.2) is 0 Å². The van der Waals surface area contributed by atoms with Crippen molar-refractivity contribution in [2.75, 3.05) is 6.61 Å². The Hall–Kier alpha value is -1.49. The molecule has 5 heteroatoms. The molecule has 2 atom stereocenters. The van der Waals surface area contributed by atoms with E-state index < -0.39 is 0 Å². The number of phenols is 1. The van der Waals surface area contributed by atoms with Gasteiger partial charge in [-0.1, -0.05) is 0 Å². The van der Waals surface area contributed by atoms with Crippen molar-refractivity contribution >= 4 is 18.9 Å². The Balaban J connectivity index is 2.29. The second-order valence-corrected chi connectivity index (χ2v) is 4.48. The van der Waals surface area contributed by atoms with Gasteiger partial charge in [0.15, 0.2) is 0 Å². The van der Waals surface area contributed by atoms with Gasteiger partial charge in [0.1, 0.15) is 5.75 Å². The number of rotatable bonds is 3. The van der Waals surface area contributed by atoms with Crippen molar-refractivity contribution in [1.82, 2.24) is 0 Å². The van der Waals surface area contributed by atoms with Crippen LogP contribution >= 0.6 is 0 Å². The van der Waals surface area contributed by atoms with Crippen molar-refractivity contribution in [2.45, 2.75) is 26.9 Å². The molecule has 1 aliphatic rings. The molecule has 0 aliphatic carbocycles. The molecule has 4 nitrogen and oxygen atoms in total. The molecule has 1 aromatic carbocycles. The summed E-state index contributed by atoms with van der Waals surface area (Å²) in [5, 5.41) is 9.53. The number of hydrogen-bond donors (Lipinski definition) is 1. The Kier molecular flexibility index (Phi) is 3.61. The summed E-state index contributed by atoms with van der Waals surface area (Å²) in [7, 11) is 1.59. The monoisotopic (exact) mass is 247 g/mol. The molecule has 1 aromatic rings.